The highest BCUT2D eigenvalue weighted by molar-refractivity contribution is 4.81. The lowest BCUT2D eigenvalue weighted by atomic mass is 9.86. The Morgan fingerprint density at radius 1 is 1.06 bits per heavy atom. The van der Waals surface area contributed by atoms with E-state index in [0.717, 1.165) is 31.8 Å². The summed E-state index contributed by atoms with van der Waals surface area (Å²) < 4.78 is 0. The molecule has 0 spiro atoms. The SMILES string of the molecule is OC[C@@H]1C[C@H](O)CCN1CCCC1CCCCC1. The van der Waals surface area contributed by atoms with E-state index in [2.05, 4.69) is 4.90 Å². The van der Waals surface area contributed by atoms with Crippen molar-refractivity contribution in [1.29, 1.82) is 0 Å². The molecule has 18 heavy (non-hydrogen) atoms. The second-order valence-corrected chi connectivity index (χ2v) is 6.20. The Balaban J connectivity index is 1.65. The number of piperidine rings is 1. The molecule has 2 atom stereocenters. The maximum Gasteiger partial charge on any atom is 0.0587 e. The van der Waals surface area contributed by atoms with Crippen LogP contribution in [0.4, 0.5) is 0 Å². The van der Waals surface area contributed by atoms with Crippen LogP contribution in [0.25, 0.3) is 0 Å². The molecule has 106 valence electrons. The third-order valence-corrected chi connectivity index (χ3v) is 4.80. The largest absolute Gasteiger partial charge is 0.395 e. The maximum absolute atomic E-state index is 9.62. The minimum absolute atomic E-state index is 0.195. The Bertz CT molecular complexity index is 229. The van der Waals surface area contributed by atoms with Crippen molar-refractivity contribution in [3.8, 4) is 0 Å². The number of nitrogens with zero attached hydrogens (tertiary/aromatic N) is 1. The van der Waals surface area contributed by atoms with Crippen LogP contribution in [0.5, 0.6) is 0 Å². The summed E-state index contributed by atoms with van der Waals surface area (Å²) in [7, 11) is 0. The quantitative estimate of drug-likeness (QED) is 0.791. The van der Waals surface area contributed by atoms with Crippen LogP contribution >= 0.6 is 0 Å². The molecule has 0 bridgehead atoms. The minimum atomic E-state index is -0.197. The molecule has 0 amide bonds. The summed E-state index contributed by atoms with van der Waals surface area (Å²) in [5, 5.41) is 19.0. The highest BCUT2D eigenvalue weighted by Crippen LogP contribution is 2.27. The Labute approximate surface area is 111 Å². The molecule has 1 saturated carbocycles. The van der Waals surface area contributed by atoms with E-state index in [4.69, 9.17) is 0 Å². The van der Waals surface area contributed by atoms with Gasteiger partial charge in [0.15, 0.2) is 0 Å². The van der Waals surface area contributed by atoms with Gasteiger partial charge in [-0.1, -0.05) is 32.1 Å². The molecule has 2 aliphatic rings. The predicted octanol–water partition coefficient (Wildman–Crippen LogP) is 2.16. The van der Waals surface area contributed by atoms with Crippen LogP contribution in [-0.2, 0) is 0 Å². The normalized spacial score (nSPS) is 31.7. The van der Waals surface area contributed by atoms with Gasteiger partial charge < -0.3 is 10.2 Å². The van der Waals surface area contributed by atoms with Crippen molar-refractivity contribution >= 4 is 0 Å². The van der Waals surface area contributed by atoms with Crippen molar-refractivity contribution in [2.24, 2.45) is 5.92 Å². The van der Waals surface area contributed by atoms with E-state index in [1.807, 2.05) is 0 Å². The summed E-state index contributed by atoms with van der Waals surface area (Å²) in [5.74, 6) is 0.960. The second-order valence-electron chi connectivity index (χ2n) is 6.20. The van der Waals surface area contributed by atoms with Crippen molar-refractivity contribution in [2.45, 2.75) is 69.9 Å². The fraction of sp³-hybridized carbons (Fsp3) is 1.00. The zero-order valence-corrected chi connectivity index (χ0v) is 11.6. The average molecular weight is 255 g/mol. The van der Waals surface area contributed by atoms with E-state index >= 15 is 0 Å². The lowest BCUT2D eigenvalue weighted by Gasteiger charge is -2.37. The number of aliphatic hydroxyl groups excluding tert-OH is 2. The Hall–Kier alpha value is -0.120. The standard InChI is InChI=1S/C15H29NO2/c17-12-14-11-15(18)8-10-16(14)9-4-7-13-5-2-1-3-6-13/h13-15,17-18H,1-12H2/t14-,15+/m0/s1. The van der Waals surface area contributed by atoms with Gasteiger partial charge in [-0.3, -0.25) is 4.90 Å². The zero-order chi connectivity index (χ0) is 12.8. The summed E-state index contributed by atoms with van der Waals surface area (Å²) in [4.78, 5) is 2.38. The monoisotopic (exact) mass is 255 g/mol. The highest BCUT2D eigenvalue weighted by Gasteiger charge is 2.26. The molecule has 1 heterocycles. The van der Waals surface area contributed by atoms with Crippen molar-refractivity contribution in [3.05, 3.63) is 0 Å². The maximum atomic E-state index is 9.62. The van der Waals surface area contributed by atoms with Gasteiger partial charge in [-0.2, -0.15) is 0 Å². The summed E-state index contributed by atoms with van der Waals surface area (Å²) >= 11 is 0. The molecule has 0 aromatic heterocycles. The Morgan fingerprint density at radius 2 is 1.83 bits per heavy atom. The van der Waals surface area contributed by atoms with Gasteiger partial charge >= 0.3 is 0 Å². The lowest BCUT2D eigenvalue weighted by molar-refractivity contribution is 0.0157. The van der Waals surface area contributed by atoms with Gasteiger partial charge in [0.1, 0.15) is 0 Å². The van der Waals surface area contributed by atoms with E-state index in [-0.39, 0.29) is 18.8 Å². The number of aliphatic hydroxyl groups is 2. The van der Waals surface area contributed by atoms with Crippen LogP contribution in [0.2, 0.25) is 0 Å². The zero-order valence-electron chi connectivity index (χ0n) is 11.6. The van der Waals surface area contributed by atoms with Gasteiger partial charge in [0.05, 0.1) is 12.7 Å². The first kappa shape index (κ1) is 14.3. The van der Waals surface area contributed by atoms with E-state index in [1.165, 1.54) is 44.9 Å². The lowest BCUT2D eigenvalue weighted by Crippen LogP contribution is -2.46. The van der Waals surface area contributed by atoms with Crippen molar-refractivity contribution < 1.29 is 10.2 Å². The molecule has 3 heteroatoms. The van der Waals surface area contributed by atoms with Gasteiger partial charge in [0.2, 0.25) is 0 Å². The van der Waals surface area contributed by atoms with Crippen molar-refractivity contribution in [3.63, 3.8) is 0 Å². The first-order valence-electron chi connectivity index (χ1n) is 7.82. The van der Waals surface area contributed by atoms with E-state index < -0.39 is 0 Å². The topological polar surface area (TPSA) is 43.7 Å². The summed E-state index contributed by atoms with van der Waals surface area (Å²) in [6, 6.07) is 0.195. The molecular formula is C15H29NO2. The van der Waals surface area contributed by atoms with Crippen molar-refractivity contribution in [2.75, 3.05) is 19.7 Å². The van der Waals surface area contributed by atoms with Gasteiger partial charge in [-0.15, -0.1) is 0 Å². The fourth-order valence-corrected chi connectivity index (χ4v) is 3.62. The third kappa shape index (κ3) is 4.22. The predicted molar refractivity (Wildman–Crippen MR) is 73.5 cm³/mol. The first-order chi connectivity index (χ1) is 8.79. The molecule has 1 aliphatic carbocycles. The van der Waals surface area contributed by atoms with Gasteiger partial charge in [-0.25, -0.2) is 0 Å². The van der Waals surface area contributed by atoms with E-state index in [9.17, 15) is 10.2 Å². The number of rotatable bonds is 5. The fourth-order valence-electron chi connectivity index (χ4n) is 3.62. The Kier molecular flexibility index (Phi) is 5.93. The summed E-state index contributed by atoms with van der Waals surface area (Å²) in [6.07, 6.45) is 11.2. The van der Waals surface area contributed by atoms with Crippen LogP contribution in [0.3, 0.4) is 0 Å². The molecule has 0 unspecified atom stereocenters. The van der Waals surface area contributed by atoms with Crippen LogP contribution in [0, 0.1) is 5.92 Å². The summed E-state index contributed by atoms with van der Waals surface area (Å²) in [5.41, 5.74) is 0. The third-order valence-electron chi connectivity index (χ3n) is 4.80. The van der Waals surface area contributed by atoms with Crippen LogP contribution in [0.1, 0.15) is 57.8 Å². The van der Waals surface area contributed by atoms with E-state index in [0.29, 0.717) is 0 Å². The molecular weight excluding hydrogens is 226 g/mol. The van der Waals surface area contributed by atoms with Gasteiger partial charge in [-0.05, 0) is 38.1 Å². The van der Waals surface area contributed by atoms with Crippen LogP contribution in [-0.4, -0.2) is 47.0 Å². The molecule has 0 aromatic carbocycles. The smallest absolute Gasteiger partial charge is 0.0587 e. The van der Waals surface area contributed by atoms with Gasteiger partial charge in [0.25, 0.3) is 0 Å². The molecule has 0 aromatic rings. The Morgan fingerprint density at radius 3 is 2.56 bits per heavy atom. The number of likely N-dealkylation sites (tertiary alicyclic amines) is 1. The highest BCUT2D eigenvalue weighted by atomic mass is 16.3. The molecule has 2 N–H and O–H groups in total. The van der Waals surface area contributed by atoms with Crippen LogP contribution in [0.15, 0.2) is 0 Å². The molecule has 1 aliphatic heterocycles. The molecule has 0 radical (unpaired) electrons. The number of hydrogen-bond acceptors (Lipinski definition) is 3. The van der Waals surface area contributed by atoms with E-state index in [1.54, 1.807) is 0 Å². The van der Waals surface area contributed by atoms with Crippen molar-refractivity contribution in [1.82, 2.24) is 4.90 Å². The molecule has 2 rings (SSSR count). The van der Waals surface area contributed by atoms with Gasteiger partial charge in [0, 0.05) is 12.6 Å². The molecule has 1 saturated heterocycles. The molecule has 3 nitrogen and oxygen atoms in total. The number of hydrogen-bond donors (Lipinski definition) is 2. The summed E-state index contributed by atoms with van der Waals surface area (Å²) in [6.45, 7) is 2.26. The molecule has 2 fully saturated rings. The average Bonchev–Trinajstić information content (AvgIpc) is 2.41. The minimum Gasteiger partial charge on any atom is -0.395 e. The van der Waals surface area contributed by atoms with Crippen LogP contribution < -0.4 is 0 Å². The first-order valence-corrected chi connectivity index (χ1v) is 7.82. The second kappa shape index (κ2) is 7.46.